The summed E-state index contributed by atoms with van der Waals surface area (Å²) in [6.45, 7) is 1.79. The van der Waals surface area contributed by atoms with Crippen LogP contribution in [0, 0.1) is 0 Å². The molecule has 2 amide bonds. The summed E-state index contributed by atoms with van der Waals surface area (Å²) in [5.41, 5.74) is 4.90. The van der Waals surface area contributed by atoms with E-state index in [1.165, 1.54) is 0 Å². The van der Waals surface area contributed by atoms with Crippen LogP contribution >= 0.6 is 0 Å². The van der Waals surface area contributed by atoms with Crippen LogP contribution in [-0.4, -0.2) is 54.7 Å². The Morgan fingerprint density at radius 3 is 2.72 bits per heavy atom. The van der Waals surface area contributed by atoms with E-state index in [1.54, 1.807) is 0 Å². The lowest BCUT2D eigenvalue weighted by molar-refractivity contribution is -0.143. The molecule has 0 spiro atoms. The van der Waals surface area contributed by atoms with Crippen molar-refractivity contribution in [1.29, 1.82) is 0 Å². The minimum absolute atomic E-state index is 0.0511. The molecule has 1 aliphatic rings. The standard InChI is InChI=1S/C10H17N3O5/c11-8(14)4-7(10(16)17)13-9(15)3-6-5-12-1-2-18-6/h6-7,12H,1-5H2,(H2,11,14)(H,13,15)(H,16,17)/t6?,7-/m0/s1. The molecule has 1 aliphatic heterocycles. The Bertz CT molecular complexity index is 327. The number of carbonyl (C=O) groups excluding carboxylic acids is 2. The molecule has 8 nitrogen and oxygen atoms in total. The normalized spacial score (nSPS) is 21.0. The summed E-state index contributed by atoms with van der Waals surface area (Å²) in [5, 5.41) is 14.1. The number of nitrogens with two attached hydrogens (primary N) is 1. The third-order valence-corrected chi connectivity index (χ3v) is 2.46. The number of primary amides is 1. The fourth-order valence-corrected chi connectivity index (χ4v) is 1.61. The molecule has 0 aliphatic carbocycles. The second-order valence-corrected chi connectivity index (χ2v) is 4.03. The molecule has 0 saturated carbocycles. The summed E-state index contributed by atoms with van der Waals surface area (Å²) in [7, 11) is 0. The van der Waals surface area contributed by atoms with Gasteiger partial charge in [0.25, 0.3) is 0 Å². The Hall–Kier alpha value is -1.67. The smallest absolute Gasteiger partial charge is 0.326 e. The van der Waals surface area contributed by atoms with E-state index < -0.39 is 30.2 Å². The predicted octanol–water partition coefficient (Wildman–Crippen LogP) is -2.19. The van der Waals surface area contributed by atoms with Gasteiger partial charge in [-0.05, 0) is 0 Å². The maximum Gasteiger partial charge on any atom is 0.326 e. The summed E-state index contributed by atoms with van der Waals surface area (Å²) >= 11 is 0. The molecule has 1 saturated heterocycles. The summed E-state index contributed by atoms with van der Waals surface area (Å²) in [5.74, 6) is -2.54. The zero-order chi connectivity index (χ0) is 13.5. The van der Waals surface area contributed by atoms with Gasteiger partial charge in [-0.2, -0.15) is 0 Å². The Balaban J connectivity index is 2.40. The highest BCUT2D eigenvalue weighted by atomic mass is 16.5. The third-order valence-electron chi connectivity index (χ3n) is 2.46. The largest absolute Gasteiger partial charge is 0.480 e. The highest BCUT2D eigenvalue weighted by Crippen LogP contribution is 2.02. The SMILES string of the molecule is NC(=O)C[C@H](NC(=O)CC1CNCCO1)C(=O)O. The summed E-state index contributed by atoms with van der Waals surface area (Å²) in [6, 6.07) is -1.29. The lowest BCUT2D eigenvalue weighted by Crippen LogP contribution is -2.46. The topological polar surface area (TPSA) is 131 Å². The molecular weight excluding hydrogens is 242 g/mol. The zero-order valence-corrected chi connectivity index (χ0v) is 9.85. The van der Waals surface area contributed by atoms with Gasteiger partial charge in [-0.1, -0.05) is 0 Å². The molecule has 1 heterocycles. The van der Waals surface area contributed by atoms with Crippen LogP contribution < -0.4 is 16.4 Å². The van der Waals surface area contributed by atoms with Gasteiger partial charge < -0.3 is 26.2 Å². The molecular formula is C10H17N3O5. The molecule has 0 aromatic heterocycles. The van der Waals surface area contributed by atoms with Crippen LogP contribution in [0.25, 0.3) is 0 Å². The molecule has 0 aromatic rings. The molecule has 1 fully saturated rings. The van der Waals surface area contributed by atoms with Crippen molar-refractivity contribution in [2.24, 2.45) is 5.73 Å². The van der Waals surface area contributed by atoms with E-state index in [2.05, 4.69) is 10.6 Å². The van der Waals surface area contributed by atoms with Gasteiger partial charge in [-0.3, -0.25) is 9.59 Å². The first-order valence-electron chi connectivity index (χ1n) is 5.62. The van der Waals surface area contributed by atoms with Crippen LogP contribution in [0.5, 0.6) is 0 Å². The number of carbonyl (C=O) groups is 3. The van der Waals surface area contributed by atoms with E-state index in [1.807, 2.05) is 0 Å². The average molecular weight is 259 g/mol. The van der Waals surface area contributed by atoms with Crippen molar-refractivity contribution in [2.75, 3.05) is 19.7 Å². The predicted molar refractivity (Wildman–Crippen MR) is 60.6 cm³/mol. The molecule has 18 heavy (non-hydrogen) atoms. The quantitative estimate of drug-likeness (QED) is 0.428. The number of ether oxygens (including phenoxy) is 1. The summed E-state index contributed by atoms with van der Waals surface area (Å²) < 4.78 is 5.31. The van der Waals surface area contributed by atoms with Gasteiger partial charge in [0.2, 0.25) is 11.8 Å². The molecule has 2 atom stereocenters. The maximum absolute atomic E-state index is 11.6. The van der Waals surface area contributed by atoms with E-state index in [4.69, 9.17) is 15.6 Å². The van der Waals surface area contributed by atoms with Crippen molar-refractivity contribution < 1.29 is 24.2 Å². The van der Waals surface area contributed by atoms with Crippen LogP contribution in [-0.2, 0) is 19.1 Å². The fraction of sp³-hybridized carbons (Fsp3) is 0.700. The van der Waals surface area contributed by atoms with Crippen molar-refractivity contribution in [1.82, 2.24) is 10.6 Å². The van der Waals surface area contributed by atoms with Gasteiger partial charge in [0.1, 0.15) is 6.04 Å². The molecule has 8 heteroatoms. The number of carboxylic acids is 1. The number of morpholine rings is 1. The number of hydrogen-bond acceptors (Lipinski definition) is 5. The van der Waals surface area contributed by atoms with Gasteiger partial charge in [-0.15, -0.1) is 0 Å². The molecule has 5 N–H and O–H groups in total. The van der Waals surface area contributed by atoms with Gasteiger partial charge in [0, 0.05) is 13.1 Å². The van der Waals surface area contributed by atoms with Gasteiger partial charge in [0.05, 0.1) is 25.6 Å². The summed E-state index contributed by atoms with van der Waals surface area (Å²) in [4.78, 5) is 33.0. The number of rotatable bonds is 6. The van der Waals surface area contributed by atoms with Gasteiger partial charge >= 0.3 is 5.97 Å². The monoisotopic (exact) mass is 259 g/mol. The Morgan fingerprint density at radius 1 is 1.50 bits per heavy atom. The first-order valence-corrected chi connectivity index (χ1v) is 5.62. The van der Waals surface area contributed by atoms with E-state index in [-0.39, 0.29) is 12.5 Å². The van der Waals surface area contributed by atoms with Gasteiger partial charge in [0.15, 0.2) is 0 Å². The van der Waals surface area contributed by atoms with E-state index in [0.717, 1.165) is 6.54 Å². The van der Waals surface area contributed by atoms with Crippen molar-refractivity contribution >= 4 is 17.8 Å². The molecule has 0 bridgehead atoms. The first kappa shape index (κ1) is 14.4. The number of nitrogens with one attached hydrogen (secondary N) is 2. The van der Waals surface area contributed by atoms with Crippen LogP contribution in [0.15, 0.2) is 0 Å². The van der Waals surface area contributed by atoms with E-state index >= 15 is 0 Å². The number of amides is 2. The minimum atomic E-state index is -1.29. The Labute approximate surface area is 104 Å². The highest BCUT2D eigenvalue weighted by molar-refractivity contribution is 5.88. The van der Waals surface area contributed by atoms with Crippen LogP contribution in [0.2, 0.25) is 0 Å². The molecule has 1 unspecified atom stereocenters. The second-order valence-electron chi connectivity index (χ2n) is 4.03. The van der Waals surface area contributed by atoms with Crippen molar-refractivity contribution in [3.63, 3.8) is 0 Å². The lowest BCUT2D eigenvalue weighted by atomic mass is 10.1. The number of aliphatic carboxylic acids is 1. The summed E-state index contributed by atoms with van der Waals surface area (Å²) in [6.07, 6.45) is -0.651. The third kappa shape index (κ3) is 5.11. The number of hydrogen-bond donors (Lipinski definition) is 4. The van der Waals surface area contributed by atoms with Crippen molar-refractivity contribution in [3.05, 3.63) is 0 Å². The molecule has 0 aromatic carbocycles. The number of carboxylic acid groups (broad SMARTS) is 1. The Morgan fingerprint density at radius 2 is 2.22 bits per heavy atom. The maximum atomic E-state index is 11.6. The molecule has 1 rings (SSSR count). The molecule has 102 valence electrons. The van der Waals surface area contributed by atoms with Crippen LogP contribution in [0.3, 0.4) is 0 Å². The van der Waals surface area contributed by atoms with Gasteiger partial charge in [-0.25, -0.2) is 4.79 Å². The zero-order valence-electron chi connectivity index (χ0n) is 9.85. The highest BCUT2D eigenvalue weighted by Gasteiger charge is 2.24. The Kier molecular flexibility index (Phi) is 5.53. The fourth-order valence-electron chi connectivity index (χ4n) is 1.61. The minimum Gasteiger partial charge on any atom is -0.480 e. The van der Waals surface area contributed by atoms with Crippen molar-refractivity contribution in [2.45, 2.75) is 25.0 Å². The average Bonchev–Trinajstić information content (AvgIpc) is 2.28. The van der Waals surface area contributed by atoms with Crippen LogP contribution in [0.1, 0.15) is 12.8 Å². The van der Waals surface area contributed by atoms with E-state index in [9.17, 15) is 14.4 Å². The van der Waals surface area contributed by atoms with Crippen LogP contribution in [0.4, 0.5) is 0 Å². The first-order chi connectivity index (χ1) is 8.49. The second kappa shape index (κ2) is 6.92. The van der Waals surface area contributed by atoms with Crippen molar-refractivity contribution in [3.8, 4) is 0 Å². The molecule has 0 radical (unpaired) electrons. The lowest BCUT2D eigenvalue weighted by Gasteiger charge is -2.23. The van der Waals surface area contributed by atoms with E-state index in [0.29, 0.717) is 13.2 Å².